The van der Waals surface area contributed by atoms with E-state index in [0.29, 0.717) is 10.1 Å². The first-order valence-corrected chi connectivity index (χ1v) is 19.2. The summed E-state index contributed by atoms with van der Waals surface area (Å²) < 4.78 is 180. The van der Waals surface area contributed by atoms with Gasteiger partial charge in [-0.15, -0.1) is 20.4 Å². The lowest BCUT2D eigenvalue weighted by atomic mass is 9.80. The van der Waals surface area contributed by atoms with E-state index >= 15 is 0 Å². The Hall–Kier alpha value is -5.24. The number of halogens is 13. The lowest BCUT2D eigenvalue weighted by Crippen LogP contribution is -2.45. The monoisotopic (exact) mass is 1020 g/mol. The third kappa shape index (κ3) is 12.0. The van der Waals surface area contributed by atoms with Crippen molar-refractivity contribution < 1.29 is 71.5 Å². The molecule has 0 amide bonds. The quantitative estimate of drug-likeness (QED) is 0.108. The van der Waals surface area contributed by atoms with Gasteiger partial charge in [0, 0.05) is 45.8 Å². The molecule has 1 aliphatic heterocycles. The van der Waals surface area contributed by atoms with Gasteiger partial charge in [-0.3, -0.25) is 8.80 Å². The maximum absolute atomic E-state index is 14.2. The Morgan fingerprint density at radius 3 is 1.47 bits per heavy atom. The summed E-state index contributed by atoms with van der Waals surface area (Å²) in [4.78, 5) is 7.25. The van der Waals surface area contributed by atoms with E-state index in [1.165, 1.54) is 35.1 Å². The second kappa shape index (κ2) is 19.9. The zero-order chi connectivity index (χ0) is 48.0. The number of aromatic nitrogens is 8. The van der Waals surface area contributed by atoms with E-state index in [9.17, 15) is 52.7 Å². The molecule has 0 N–H and O–H groups in total. The Morgan fingerprint density at radius 1 is 0.621 bits per heavy atom. The van der Waals surface area contributed by atoms with Crippen LogP contribution in [0.4, 0.5) is 52.7 Å². The number of rotatable bonds is 8. The van der Waals surface area contributed by atoms with Crippen LogP contribution in [0.1, 0.15) is 94.7 Å². The summed E-state index contributed by atoms with van der Waals surface area (Å²) in [7, 11) is -0.860. The van der Waals surface area contributed by atoms with Crippen LogP contribution in [0.25, 0.3) is 22.4 Å². The number of hydrogen-bond donors (Lipinski definition) is 0. The first-order chi connectivity index (χ1) is 29.3. The molecule has 1 aliphatic rings. The van der Waals surface area contributed by atoms with Crippen molar-refractivity contribution in [2.24, 2.45) is 0 Å². The van der Waals surface area contributed by atoms with Gasteiger partial charge in [0.2, 0.25) is 11.6 Å². The minimum absolute atomic E-state index is 0. The Kier molecular flexibility index (Phi) is 16.6. The average Bonchev–Trinajstić information content (AvgIpc) is 3.85. The summed E-state index contributed by atoms with van der Waals surface area (Å²) >= 11 is 3.18. The summed E-state index contributed by atoms with van der Waals surface area (Å²) in [6.07, 6.45) is -9.83. The molecule has 0 saturated carbocycles. The van der Waals surface area contributed by atoms with Gasteiger partial charge in [0.05, 0.1) is 11.2 Å². The summed E-state index contributed by atoms with van der Waals surface area (Å²) in [5, 5.41) is 13.9. The molecule has 362 valence electrons. The number of nitrogens with zero attached hydrogens (tertiary/aromatic N) is 8. The second-order valence-corrected chi connectivity index (χ2v) is 16.7. The third-order valence-corrected chi connectivity index (χ3v) is 10.2. The van der Waals surface area contributed by atoms with Gasteiger partial charge in [0.1, 0.15) is 0 Å². The number of alkyl halides is 10. The highest BCUT2D eigenvalue weighted by atomic mass is 79.9. The van der Waals surface area contributed by atoms with Crippen molar-refractivity contribution >= 4 is 39.8 Å². The van der Waals surface area contributed by atoms with Crippen molar-refractivity contribution in [3.05, 3.63) is 88.9 Å². The van der Waals surface area contributed by atoms with Crippen molar-refractivity contribution in [3.63, 3.8) is 0 Å². The summed E-state index contributed by atoms with van der Waals surface area (Å²) in [5.74, 6) is -4.61. The van der Waals surface area contributed by atoms with Crippen LogP contribution in [0.5, 0.6) is 11.8 Å². The van der Waals surface area contributed by atoms with Gasteiger partial charge in [-0.2, -0.15) is 26.3 Å². The van der Waals surface area contributed by atoms with Gasteiger partial charge in [-0.05, 0) is 108 Å². The Morgan fingerprint density at radius 2 is 1.05 bits per heavy atom. The predicted octanol–water partition coefficient (Wildman–Crippen LogP) is 11.5. The van der Waals surface area contributed by atoms with Gasteiger partial charge in [-0.25, -0.2) is 36.3 Å². The highest BCUT2D eigenvalue weighted by molar-refractivity contribution is 9.10. The van der Waals surface area contributed by atoms with Crippen LogP contribution in [0.2, 0.25) is 0 Å². The maximum atomic E-state index is 14.2. The number of fused-ring (bicyclic) bond motifs is 2. The minimum atomic E-state index is -4.73. The molecule has 6 aromatic heterocycles. The van der Waals surface area contributed by atoms with Crippen LogP contribution < -0.4 is 14.9 Å². The van der Waals surface area contributed by atoms with E-state index < -0.39 is 83.9 Å². The standard InChI is InChI=1S/C16H12F6N4O.C15H20BF4NO3.C7H4BrF2N3.2CH4/c1-15(2,16(20,21)22)27-14-10(17)5-9(6-23-14)8-3-4-11-24-25-13(12(18)19)26(11)7-8;1-12(2)13(3,4)24-16(23-12)9-7-10(17)11(21-8-9)22-14(5,6)15(18,19)20;8-4-1-2-5-11-12-7(6(9)10)13(5)3-4;;/h3-7,12H,1-2H3;7-8H,1-6H3;1-3,6H;2*1H4. The summed E-state index contributed by atoms with van der Waals surface area (Å²) in [6.45, 7) is 10.4. The molecular formula is C40H44BBrF12N8O4. The topological polar surface area (TPSA) is 123 Å². The highest BCUT2D eigenvalue weighted by Crippen LogP contribution is 2.38. The number of ether oxygens (including phenoxy) is 2. The van der Waals surface area contributed by atoms with E-state index in [2.05, 4.69) is 51.0 Å². The molecule has 1 fully saturated rings. The molecule has 0 unspecified atom stereocenters. The molecule has 66 heavy (non-hydrogen) atoms. The lowest BCUT2D eigenvalue weighted by molar-refractivity contribution is -0.236. The van der Waals surface area contributed by atoms with Crippen LogP contribution in [0, 0.1) is 11.6 Å². The van der Waals surface area contributed by atoms with E-state index in [1.54, 1.807) is 12.1 Å². The maximum Gasteiger partial charge on any atom is 0.496 e. The molecule has 1 saturated heterocycles. The fourth-order valence-electron chi connectivity index (χ4n) is 5.14. The normalized spacial score (nSPS) is 14.9. The Balaban J connectivity index is 0.000000273. The number of hydrogen-bond acceptors (Lipinski definition) is 10. The minimum Gasteiger partial charge on any atom is -0.460 e. The van der Waals surface area contributed by atoms with Crippen LogP contribution in [0.15, 0.2) is 65.7 Å². The zero-order valence-electron chi connectivity index (χ0n) is 34.6. The van der Waals surface area contributed by atoms with Gasteiger partial charge in [-0.1, -0.05) is 14.9 Å². The predicted molar refractivity (Wildman–Crippen MR) is 222 cm³/mol. The van der Waals surface area contributed by atoms with E-state index in [0.717, 1.165) is 50.4 Å². The fraction of sp³-hybridized carbons (Fsp3) is 0.450. The molecule has 12 nitrogen and oxygen atoms in total. The van der Waals surface area contributed by atoms with Gasteiger partial charge in [0.15, 0.2) is 34.1 Å². The molecule has 0 aliphatic carbocycles. The average molecular weight is 1020 g/mol. The molecule has 7 heterocycles. The van der Waals surface area contributed by atoms with Crippen molar-refractivity contribution in [3.8, 4) is 22.9 Å². The Bertz CT molecular complexity index is 2590. The van der Waals surface area contributed by atoms with Crippen LogP contribution in [0.3, 0.4) is 0 Å². The van der Waals surface area contributed by atoms with E-state index in [-0.39, 0.29) is 42.9 Å². The van der Waals surface area contributed by atoms with Gasteiger partial charge >= 0.3 is 19.5 Å². The fourth-order valence-corrected chi connectivity index (χ4v) is 5.48. The number of pyridine rings is 4. The largest absolute Gasteiger partial charge is 0.496 e. The van der Waals surface area contributed by atoms with Crippen LogP contribution >= 0.6 is 15.9 Å². The first kappa shape index (κ1) is 55.1. The highest BCUT2D eigenvalue weighted by Gasteiger charge is 2.53. The molecule has 7 rings (SSSR count). The SMILES string of the molecule is C.C.CC(C)(Oc1ncc(-c2ccc3nnc(C(F)F)n3c2)cc1F)C(F)(F)F.CC(C)(Oc1ncc(B2OC(C)(C)C(C)(C)O2)cc1F)C(F)(F)F.FC(F)c1nnc2ccc(Br)cn12. The molecule has 6 aromatic rings. The molecule has 0 radical (unpaired) electrons. The first-order valence-electron chi connectivity index (χ1n) is 18.4. The Labute approximate surface area is 379 Å². The van der Waals surface area contributed by atoms with E-state index in [1.807, 2.05) is 27.7 Å². The van der Waals surface area contributed by atoms with E-state index in [4.69, 9.17) is 14.0 Å². The van der Waals surface area contributed by atoms with Crippen molar-refractivity contribution in [2.75, 3.05) is 0 Å². The second-order valence-electron chi connectivity index (χ2n) is 15.8. The van der Waals surface area contributed by atoms with Crippen molar-refractivity contribution in [1.82, 2.24) is 39.2 Å². The molecule has 0 bridgehead atoms. The lowest BCUT2D eigenvalue weighted by Gasteiger charge is -2.32. The summed E-state index contributed by atoms with van der Waals surface area (Å²) in [5.41, 5.74) is -5.17. The molecule has 0 aromatic carbocycles. The van der Waals surface area contributed by atoms with Gasteiger partial charge in [0.25, 0.3) is 24.6 Å². The zero-order valence-corrected chi connectivity index (χ0v) is 36.2. The van der Waals surface area contributed by atoms with Gasteiger partial charge < -0.3 is 18.8 Å². The van der Waals surface area contributed by atoms with Crippen molar-refractivity contribution in [2.45, 2.75) is 118 Å². The molecule has 0 spiro atoms. The summed E-state index contributed by atoms with van der Waals surface area (Å²) in [6, 6.07) is 8.11. The van der Waals surface area contributed by atoms with Crippen molar-refractivity contribution in [1.29, 1.82) is 0 Å². The third-order valence-electron chi connectivity index (χ3n) is 9.78. The smallest absolute Gasteiger partial charge is 0.460 e. The molecular weight excluding hydrogens is 975 g/mol. The van der Waals surface area contributed by atoms with Crippen LogP contribution in [-0.2, 0) is 9.31 Å². The molecule has 26 heteroatoms. The molecule has 0 atom stereocenters. The van der Waals surface area contributed by atoms with Crippen LogP contribution in [-0.4, -0.2) is 81.0 Å².